The molecule has 5 N–H and O–H groups in total. The predicted molar refractivity (Wildman–Crippen MR) is 213 cm³/mol. The van der Waals surface area contributed by atoms with Gasteiger partial charge < -0.3 is 49.2 Å². The number of aromatic hydroxyl groups is 2. The highest BCUT2D eigenvalue weighted by Gasteiger charge is 2.48. The Hall–Kier alpha value is -4.48. The Labute approximate surface area is 329 Å². The monoisotopic (exact) mass is 768 g/mol. The molecule has 0 bridgehead atoms. The van der Waals surface area contributed by atoms with Crippen LogP contribution in [0.15, 0.2) is 60.7 Å². The van der Waals surface area contributed by atoms with Crippen molar-refractivity contribution in [3.05, 3.63) is 94.0 Å². The van der Waals surface area contributed by atoms with Crippen molar-refractivity contribution in [1.29, 1.82) is 0 Å². The zero-order chi connectivity index (χ0) is 39.3. The summed E-state index contributed by atoms with van der Waals surface area (Å²) in [5.41, 5.74) is 6.23. The van der Waals surface area contributed by atoms with Crippen LogP contribution in [0, 0.1) is 11.8 Å². The Morgan fingerprint density at radius 3 is 2.39 bits per heavy atom. The van der Waals surface area contributed by atoms with Crippen molar-refractivity contribution in [1.82, 2.24) is 0 Å². The molecule has 2 aliphatic heterocycles. The zero-order valence-electron chi connectivity index (χ0n) is 32.7. The summed E-state index contributed by atoms with van der Waals surface area (Å²) in [5.74, 6) is 1.67. The van der Waals surface area contributed by atoms with Crippen LogP contribution in [0.1, 0.15) is 97.5 Å². The van der Waals surface area contributed by atoms with Gasteiger partial charge in [0.05, 0.1) is 32.0 Å². The third kappa shape index (κ3) is 8.30. The number of phenols is 2. The normalized spacial score (nSPS) is 21.9. The fourth-order valence-electron chi connectivity index (χ4n) is 9.00. The van der Waals surface area contributed by atoms with Gasteiger partial charge in [0.1, 0.15) is 40.6 Å². The summed E-state index contributed by atoms with van der Waals surface area (Å²) in [6.07, 6.45) is 5.20. The quantitative estimate of drug-likeness (QED) is 0.0761. The highest BCUT2D eigenvalue weighted by atomic mass is 16.5. The van der Waals surface area contributed by atoms with Gasteiger partial charge in [-0.1, -0.05) is 19.1 Å². The molecule has 0 spiro atoms. The molecule has 2 heterocycles. The lowest BCUT2D eigenvalue weighted by atomic mass is 9.72. The molecule has 0 unspecified atom stereocenters. The Morgan fingerprint density at radius 2 is 1.66 bits per heavy atom. The molecule has 0 amide bonds. The molecule has 1 fully saturated rings. The first-order chi connectivity index (χ1) is 27.2. The van der Waals surface area contributed by atoms with Crippen LogP contribution in [0.2, 0.25) is 0 Å². The highest BCUT2D eigenvalue weighted by molar-refractivity contribution is 5.72. The number of aliphatic hydroxyl groups is 3. The summed E-state index contributed by atoms with van der Waals surface area (Å²) in [6, 6.07) is 18.5. The number of ether oxygens (including phenoxy) is 5. The second-order valence-corrected chi connectivity index (χ2v) is 15.5. The van der Waals surface area contributed by atoms with Gasteiger partial charge >= 0.3 is 0 Å². The van der Waals surface area contributed by atoms with Crippen molar-refractivity contribution in [2.75, 3.05) is 34.0 Å². The van der Waals surface area contributed by atoms with Crippen LogP contribution in [0.4, 0.5) is 0 Å². The molecule has 4 aromatic rings. The van der Waals surface area contributed by atoms with Gasteiger partial charge in [-0.2, -0.15) is 0 Å². The number of benzene rings is 4. The summed E-state index contributed by atoms with van der Waals surface area (Å²) in [4.78, 5) is 0. The van der Waals surface area contributed by atoms with E-state index in [9.17, 15) is 25.5 Å². The molecule has 3 aliphatic rings. The van der Waals surface area contributed by atoms with Gasteiger partial charge in [-0.05, 0) is 134 Å². The summed E-state index contributed by atoms with van der Waals surface area (Å²) in [7, 11) is 3.25. The summed E-state index contributed by atoms with van der Waals surface area (Å²) in [5, 5.41) is 55.7. The largest absolute Gasteiger partial charge is 0.508 e. The van der Waals surface area contributed by atoms with E-state index in [1.807, 2.05) is 43.3 Å². The van der Waals surface area contributed by atoms with Gasteiger partial charge in [-0.15, -0.1) is 0 Å². The Balaban J connectivity index is 1.28. The lowest BCUT2D eigenvalue weighted by Gasteiger charge is -2.45. The van der Waals surface area contributed by atoms with Gasteiger partial charge in [0.25, 0.3) is 0 Å². The van der Waals surface area contributed by atoms with E-state index in [2.05, 4.69) is 0 Å². The molecule has 1 saturated carbocycles. The molecule has 0 radical (unpaired) electrons. The zero-order valence-corrected chi connectivity index (χ0v) is 32.7. The van der Waals surface area contributed by atoms with Crippen LogP contribution in [0.25, 0.3) is 11.1 Å². The number of rotatable bonds is 15. The third-order valence-electron chi connectivity index (χ3n) is 11.9. The maximum absolute atomic E-state index is 12.5. The molecule has 4 aromatic carbocycles. The highest BCUT2D eigenvalue weighted by Crippen LogP contribution is 2.52. The second kappa shape index (κ2) is 17.8. The SMILES string of the molecule is CCc1cc(-c2cccc(O)c2)c(Cc2cc(OC3CCCC3)cc3c2OC[C@H]([C@H]2[C@H](CCCOC)Oc4cc(CCCO)c(OC)cc4[C@@H]2O)[C@@H]3O)cc1O. The molecule has 10 heteroatoms. The number of hydrogen-bond donors (Lipinski definition) is 5. The number of aryl methyl sites for hydroxylation is 2. The maximum Gasteiger partial charge on any atom is 0.128 e. The molecule has 56 heavy (non-hydrogen) atoms. The fraction of sp³-hybridized carbons (Fsp3) is 0.478. The number of aliphatic hydroxyl groups excluding tert-OH is 3. The lowest BCUT2D eigenvalue weighted by molar-refractivity contribution is -0.0890. The Morgan fingerprint density at radius 1 is 0.839 bits per heavy atom. The minimum Gasteiger partial charge on any atom is -0.508 e. The third-order valence-corrected chi connectivity index (χ3v) is 11.9. The van der Waals surface area contributed by atoms with Crippen LogP contribution < -0.4 is 18.9 Å². The minimum absolute atomic E-state index is 0.0496. The first-order valence-corrected chi connectivity index (χ1v) is 20.2. The van der Waals surface area contributed by atoms with E-state index in [4.69, 9.17) is 23.7 Å². The van der Waals surface area contributed by atoms with E-state index in [1.165, 1.54) is 0 Å². The van der Waals surface area contributed by atoms with Gasteiger partial charge in [0, 0.05) is 55.3 Å². The first kappa shape index (κ1) is 39.7. The average molecular weight is 769 g/mol. The van der Waals surface area contributed by atoms with Crippen LogP contribution in [0.5, 0.6) is 34.5 Å². The molecular formula is C46H56O10. The molecule has 300 valence electrons. The van der Waals surface area contributed by atoms with Crippen molar-refractivity contribution >= 4 is 0 Å². The number of phenolic OH excluding ortho intramolecular Hbond substituents is 2. The smallest absolute Gasteiger partial charge is 0.128 e. The van der Waals surface area contributed by atoms with Crippen LogP contribution in [0.3, 0.4) is 0 Å². The predicted octanol–water partition coefficient (Wildman–Crippen LogP) is 7.75. The van der Waals surface area contributed by atoms with E-state index in [1.54, 1.807) is 38.5 Å². The number of methoxy groups -OCH3 is 2. The Bertz CT molecular complexity index is 1970. The van der Waals surface area contributed by atoms with Crippen LogP contribution in [-0.2, 0) is 24.0 Å². The summed E-state index contributed by atoms with van der Waals surface area (Å²) in [6.45, 7) is 2.70. The van der Waals surface area contributed by atoms with Crippen molar-refractivity contribution in [2.45, 2.75) is 95.5 Å². The fourth-order valence-corrected chi connectivity index (χ4v) is 9.00. The first-order valence-electron chi connectivity index (χ1n) is 20.2. The minimum atomic E-state index is -1.02. The molecule has 5 atom stereocenters. The van der Waals surface area contributed by atoms with E-state index in [-0.39, 0.29) is 30.8 Å². The van der Waals surface area contributed by atoms with Gasteiger partial charge in [0.15, 0.2) is 0 Å². The van der Waals surface area contributed by atoms with Crippen molar-refractivity contribution in [3.8, 4) is 45.6 Å². The molecule has 7 rings (SSSR count). The average Bonchev–Trinajstić information content (AvgIpc) is 3.71. The summed E-state index contributed by atoms with van der Waals surface area (Å²) >= 11 is 0. The second-order valence-electron chi connectivity index (χ2n) is 15.5. The van der Waals surface area contributed by atoms with E-state index in [0.717, 1.165) is 59.1 Å². The molecule has 0 saturated heterocycles. The van der Waals surface area contributed by atoms with Crippen LogP contribution in [-0.4, -0.2) is 71.8 Å². The topological polar surface area (TPSA) is 147 Å². The molecule has 1 aliphatic carbocycles. The standard InChI is InChI=1S/C46H56O10/c1-4-27-21-35(28-10-7-12-32(48)19-28)30(22-39(27)49)18-31-20-34(55-33-13-5-6-14-33)24-37-44(50)38(26-54-46(31)37)43-40(15-9-17-52-2)56-42-23-29(11-8-16-47)41(53-3)25-36(42)45(43)51/h7,10,12,19-25,33,38,40,43-45,47-51H,4-6,8-9,11,13-18,26H2,1-3H3/t38-,40+,43+,44-,45+/m1/s1. The van der Waals surface area contributed by atoms with E-state index >= 15 is 0 Å². The molecular weight excluding hydrogens is 712 g/mol. The van der Waals surface area contributed by atoms with E-state index < -0.39 is 30.1 Å². The van der Waals surface area contributed by atoms with Gasteiger partial charge in [-0.25, -0.2) is 0 Å². The van der Waals surface area contributed by atoms with Crippen molar-refractivity contribution in [2.24, 2.45) is 11.8 Å². The van der Waals surface area contributed by atoms with Gasteiger partial charge in [0.2, 0.25) is 0 Å². The van der Waals surface area contributed by atoms with Crippen molar-refractivity contribution in [3.63, 3.8) is 0 Å². The van der Waals surface area contributed by atoms with E-state index in [0.29, 0.717) is 79.3 Å². The van der Waals surface area contributed by atoms with Gasteiger partial charge in [-0.3, -0.25) is 0 Å². The Kier molecular flexibility index (Phi) is 12.6. The van der Waals surface area contributed by atoms with Crippen molar-refractivity contribution < 1.29 is 49.2 Å². The molecule has 0 aromatic heterocycles. The molecule has 10 nitrogen and oxygen atoms in total. The summed E-state index contributed by atoms with van der Waals surface area (Å²) < 4.78 is 31.1. The number of fused-ring (bicyclic) bond motifs is 2. The lowest BCUT2D eigenvalue weighted by Crippen LogP contribution is -2.46. The number of hydrogen-bond acceptors (Lipinski definition) is 10. The maximum atomic E-state index is 12.5. The van der Waals surface area contributed by atoms with Crippen LogP contribution >= 0.6 is 0 Å².